The summed E-state index contributed by atoms with van der Waals surface area (Å²) in [4.78, 5) is 2.47. The number of aromatic nitrogens is 1. The SMILES string of the molecule is Fc1cccc(C(F)(F)C(F)(F)F)n1. The molecule has 1 nitrogen and oxygen atoms in total. The zero-order valence-corrected chi connectivity index (χ0v) is 6.45. The average Bonchev–Trinajstić information content (AvgIpc) is 2.02. The van der Waals surface area contributed by atoms with Crippen LogP contribution < -0.4 is 0 Å². The molecule has 0 radical (unpaired) electrons. The van der Waals surface area contributed by atoms with E-state index >= 15 is 0 Å². The minimum absolute atomic E-state index is 0.413. The van der Waals surface area contributed by atoms with E-state index in [1.54, 1.807) is 0 Å². The highest BCUT2D eigenvalue weighted by Gasteiger charge is 2.59. The van der Waals surface area contributed by atoms with Gasteiger partial charge in [0.05, 0.1) is 0 Å². The molecule has 0 atom stereocenters. The van der Waals surface area contributed by atoms with Crippen LogP contribution in [0.2, 0.25) is 0 Å². The maximum Gasteiger partial charge on any atom is 0.459 e. The topological polar surface area (TPSA) is 12.9 Å². The lowest BCUT2D eigenvalue weighted by Gasteiger charge is -2.18. The standard InChI is InChI=1S/C7H3F6N/c8-5-3-1-2-4(14-5)6(9,10)7(11,12)13/h1-3H. The predicted molar refractivity (Wildman–Crippen MR) is 34.1 cm³/mol. The van der Waals surface area contributed by atoms with E-state index in [4.69, 9.17) is 0 Å². The highest BCUT2D eigenvalue weighted by molar-refractivity contribution is 5.12. The van der Waals surface area contributed by atoms with Gasteiger partial charge in [0, 0.05) is 0 Å². The van der Waals surface area contributed by atoms with Gasteiger partial charge >= 0.3 is 12.1 Å². The molecule has 0 bridgehead atoms. The lowest BCUT2D eigenvalue weighted by Crippen LogP contribution is -2.34. The van der Waals surface area contributed by atoms with Gasteiger partial charge in [-0.25, -0.2) is 4.98 Å². The minimum Gasteiger partial charge on any atom is -0.218 e. The van der Waals surface area contributed by atoms with Crippen molar-refractivity contribution in [3.8, 4) is 0 Å². The average molecular weight is 215 g/mol. The van der Waals surface area contributed by atoms with E-state index in [1.165, 1.54) is 0 Å². The van der Waals surface area contributed by atoms with E-state index in [1.807, 2.05) is 0 Å². The molecule has 78 valence electrons. The second kappa shape index (κ2) is 3.14. The molecule has 0 N–H and O–H groups in total. The monoisotopic (exact) mass is 215 g/mol. The van der Waals surface area contributed by atoms with Gasteiger partial charge in [0.15, 0.2) is 0 Å². The zero-order chi connectivity index (χ0) is 11.0. The molecule has 7 heteroatoms. The van der Waals surface area contributed by atoms with Crippen molar-refractivity contribution in [3.05, 3.63) is 29.8 Å². The molecule has 0 aliphatic carbocycles. The Hall–Kier alpha value is -1.27. The van der Waals surface area contributed by atoms with Crippen molar-refractivity contribution >= 4 is 0 Å². The van der Waals surface area contributed by atoms with E-state index in [-0.39, 0.29) is 0 Å². The van der Waals surface area contributed by atoms with Crippen LogP contribution >= 0.6 is 0 Å². The molecule has 0 aliphatic heterocycles. The van der Waals surface area contributed by atoms with Crippen LogP contribution in [0.4, 0.5) is 26.3 Å². The quantitative estimate of drug-likeness (QED) is 0.518. The number of pyridine rings is 1. The highest BCUT2D eigenvalue weighted by Crippen LogP contribution is 2.42. The first-order valence-electron chi connectivity index (χ1n) is 3.33. The first-order chi connectivity index (χ1) is 6.25. The van der Waals surface area contributed by atoms with Gasteiger partial charge in [-0.05, 0) is 12.1 Å². The predicted octanol–water partition coefficient (Wildman–Crippen LogP) is 2.87. The second-order valence-corrected chi connectivity index (χ2v) is 2.42. The summed E-state index contributed by atoms with van der Waals surface area (Å²) in [7, 11) is 0. The van der Waals surface area contributed by atoms with Crippen LogP contribution in [0.25, 0.3) is 0 Å². The van der Waals surface area contributed by atoms with Crippen LogP contribution in [0, 0.1) is 5.95 Å². The molecule has 0 fully saturated rings. The highest BCUT2D eigenvalue weighted by atomic mass is 19.4. The number of rotatable bonds is 1. The molecule has 0 amide bonds. The number of halogens is 6. The van der Waals surface area contributed by atoms with Gasteiger partial charge in [-0.3, -0.25) is 0 Å². The minimum atomic E-state index is -5.77. The molecule has 1 aromatic heterocycles. The van der Waals surface area contributed by atoms with Crippen molar-refractivity contribution in [3.63, 3.8) is 0 Å². The maximum atomic E-state index is 12.5. The summed E-state index contributed by atoms with van der Waals surface area (Å²) < 4.78 is 72.5. The molecule has 0 spiro atoms. The van der Waals surface area contributed by atoms with Crippen LogP contribution in [-0.2, 0) is 5.92 Å². The molecule has 0 saturated heterocycles. The Balaban J connectivity index is 3.16. The molecule has 0 unspecified atom stereocenters. The third-order valence-corrected chi connectivity index (χ3v) is 1.39. The summed E-state index contributed by atoms with van der Waals surface area (Å²) in [6.07, 6.45) is -5.77. The van der Waals surface area contributed by atoms with Crippen LogP contribution in [0.3, 0.4) is 0 Å². The molecular weight excluding hydrogens is 212 g/mol. The summed E-state index contributed by atoms with van der Waals surface area (Å²) in [6, 6.07) is 1.82. The van der Waals surface area contributed by atoms with Crippen LogP contribution in [0.5, 0.6) is 0 Å². The molecule has 0 aromatic carbocycles. The van der Waals surface area contributed by atoms with Gasteiger partial charge in [0.25, 0.3) is 0 Å². The van der Waals surface area contributed by atoms with Gasteiger partial charge in [-0.15, -0.1) is 0 Å². The molecule has 1 rings (SSSR count). The van der Waals surface area contributed by atoms with Gasteiger partial charge in [0.2, 0.25) is 5.95 Å². The third kappa shape index (κ3) is 1.80. The van der Waals surface area contributed by atoms with Crippen LogP contribution in [0.15, 0.2) is 18.2 Å². The fourth-order valence-electron chi connectivity index (χ4n) is 0.728. The largest absolute Gasteiger partial charge is 0.459 e. The summed E-state index contributed by atoms with van der Waals surface area (Å²) in [5, 5.41) is 0. The second-order valence-electron chi connectivity index (χ2n) is 2.42. The van der Waals surface area contributed by atoms with Crippen molar-refractivity contribution in [2.75, 3.05) is 0 Å². The van der Waals surface area contributed by atoms with Crippen molar-refractivity contribution in [1.29, 1.82) is 0 Å². The number of hydrogen-bond acceptors (Lipinski definition) is 1. The molecule has 0 aliphatic rings. The van der Waals surface area contributed by atoms with Crippen molar-refractivity contribution in [2.24, 2.45) is 0 Å². The summed E-state index contributed by atoms with van der Waals surface area (Å²) in [5.41, 5.74) is -1.65. The molecular formula is C7H3F6N. The van der Waals surface area contributed by atoms with Crippen molar-refractivity contribution < 1.29 is 26.3 Å². The Bertz CT molecular complexity index is 331. The molecule has 1 aromatic rings. The summed E-state index contributed by atoms with van der Waals surface area (Å²) in [5.74, 6) is -6.51. The van der Waals surface area contributed by atoms with Crippen molar-refractivity contribution in [2.45, 2.75) is 12.1 Å². The number of hydrogen-bond donors (Lipinski definition) is 0. The van der Waals surface area contributed by atoms with Crippen molar-refractivity contribution in [1.82, 2.24) is 4.98 Å². The van der Waals surface area contributed by atoms with E-state index in [9.17, 15) is 26.3 Å². The van der Waals surface area contributed by atoms with E-state index in [0.717, 1.165) is 6.07 Å². The van der Waals surface area contributed by atoms with E-state index < -0.39 is 23.7 Å². The number of alkyl halides is 5. The van der Waals surface area contributed by atoms with Gasteiger partial charge in [0.1, 0.15) is 5.69 Å². The van der Waals surface area contributed by atoms with E-state index in [0.29, 0.717) is 12.1 Å². The summed E-state index contributed by atoms with van der Waals surface area (Å²) >= 11 is 0. The third-order valence-electron chi connectivity index (χ3n) is 1.39. The Morgan fingerprint density at radius 2 is 1.57 bits per heavy atom. The van der Waals surface area contributed by atoms with Crippen LogP contribution in [0.1, 0.15) is 5.69 Å². The van der Waals surface area contributed by atoms with E-state index in [2.05, 4.69) is 4.98 Å². The molecule has 14 heavy (non-hydrogen) atoms. The number of nitrogens with zero attached hydrogens (tertiary/aromatic N) is 1. The lowest BCUT2D eigenvalue weighted by molar-refractivity contribution is -0.291. The van der Waals surface area contributed by atoms with Gasteiger partial charge in [-0.2, -0.15) is 26.3 Å². The smallest absolute Gasteiger partial charge is 0.218 e. The van der Waals surface area contributed by atoms with Gasteiger partial charge in [-0.1, -0.05) is 6.07 Å². The lowest BCUT2D eigenvalue weighted by atomic mass is 10.2. The fraction of sp³-hybridized carbons (Fsp3) is 0.286. The van der Waals surface area contributed by atoms with Gasteiger partial charge < -0.3 is 0 Å². The Kier molecular flexibility index (Phi) is 2.43. The molecule has 0 saturated carbocycles. The first kappa shape index (κ1) is 10.8. The van der Waals surface area contributed by atoms with Crippen LogP contribution in [-0.4, -0.2) is 11.2 Å². The summed E-state index contributed by atoms with van der Waals surface area (Å²) in [6.45, 7) is 0. The first-order valence-corrected chi connectivity index (χ1v) is 3.33. The maximum absolute atomic E-state index is 12.5. The Labute approximate surface area is 74.4 Å². The fourth-order valence-corrected chi connectivity index (χ4v) is 0.728. The normalized spacial score (nSPS) is 13.0. The molecule has 1 heterocycles. The zero-order valence-electron chi connectivity index (χ0n) is 6.45. The Morgan fingerprint density at radius 1 is 1.00 bits per heavy atom. The Morgan fingerprint density at radius 3 is 2.00 bits per heavy atom.